The molecule has 4 N–H and O–H groups in total. The molecule has 0 spiro atoms. The second kappa shape index (κ2) is 5.16. The molecule has 0 saturated carbocycles. The molecule has 6 nitrogen and oxygen atoms in total. The van der Waals surface area contributed by atoms with Crippen LogP contribution in [0.2, 0.25) is 0 Å². The van der Waals surface area contributed by atoms with E-state index in [1.54, 1.807) is 6.92 Å². The van der Waals surface area contributed by atoms with Crippen LogP contribution in [0.3, 0.4) is 0 Å². The van der Waals surface area contributed by atoms with Gasteiger partial charge in [0.05, 0.1) is 11.9 Å². The lowest BCUT2D eigenvalue weighted by atomic mass is 9.96. The molecule has 0 aromatic carbocycles. The monoisotopic (exact) mass is 260 g/mol. The Morgan fingerprint density at radius 3 is 2.65 bits per heavy atom. The van der Waals surface area contributed by atoms with Gasteiger partial charge in [0.15, 0.2) is 0 Å². The molecule has 1 atom stereocenters. The minimum absolute atomic E-state index is 0.189. The van der Waals surface area contributed by atoms with Gasteiger partial charge in [0.25, 0.3) is 0 Å². The standard InChI is InChI=1S/C10H20N4O2S/c1-4-10(3,5-6-11)14-17(15,16)9-7-12-13-8(9)2/h7,14H,4-6,11H2,1-3H3,(H,12,13). The van der Waals surface area contributed by atoms with Crippen molar-refractivity contribution in [3.63, 3.8) is 0 Å². The number of H-pyrrole nitrogens is 1. The Labute approximate surface area is 102 Å². The summed E-state index contributed by atoms with van der Waals surface area (Å²) in [4.78, 5) is 0.189. The zero-order valence-corrected chi connectivity index (χ0v) is 11.3. The lowest BCUT2D eigenvalue weighted by Crippen LogP contribution is -2.46. The number of rotatable bonds is 6. The van der Waals surface area contributed by atoms with Gasteiger partial charge in [-0.15, -0.1) is 0 Å². The molecular weight excluding hydrogens is 240 g/mol. The first-order valence-corrected chi connectivity index (χ1v) is 7.07. The van der Waals surface area contributed by atoms with Gasteiger partial charge in [-0.25, -0.2) is 13.1 Å². The molecule has 17 heavy (non-hydrogen) atoms. The number of aromatic nitrogens is 2. The molecule has 1 aromatic heterocycles. The Kier molecular flexibility index (Phi) is 4.29. The molecule has 0 amide bonds. The van der Waals surface area contributed by atoms with Crippen molar-refractivity contribution in [2.24, 2.45) is 5.73 Å². The van der Waals surface area contributed by atoms with Crippen LogP contribution in [0.5, 0.6) is 0 Å². The van der Waals surface area contributed by atoms with Gasteiger partial charge in [0.1, 0.15) is 4.90 Å². The van der Waals surface area contributed by atoms with Crippen LogP contribution in [-0.2, 0) is 10.0 Å². The maximum Gasteiger partial charge on any atom is 0.244 e. The topological polar surface area (TPSA) is 101 Å². The molecular formula is C10H20N4O2S. The van der Waals surface area contributed by atoms with Gasteiger partial charge in [0, 0.05) is 5.54 Å². The highest BCUT2D eigenvalue weighted by atomic mass is 32.2. The minimum atomic E-state index is -3.54. The molecule has 1 rings (SSSR count). The first kappa shape index (κ1) is 14.1. The van der Waals surface area contributed by atoms with Crippen molar-refractivity contribution >= 4 is 10.0 Å². The maximum atomic E-state index is 12.2. The van der Waals surface area contributed by atoms with Gasteiger partial charge in [-0.2, -0.15) is 5.10 Å². The summed E-state index contributed by atoms with van der Waals surface area (Å²) in [5.41, 5.74) is 5.52. The number of nitrogens with zero attached hydrogens (tertiary/aromatic N) is 1. The number of aryl methyl sites for hydroxylation is 1. The van der Waals surface area contributed by atoms with E-state index in [1.807, 2.05) is 13.8 Å². The number of aromatic amines is 1. The van der Waals surface area contributed by atoms with Crippen molar-refractivity contribution in [1.82, 2.24) is 14.9 Å². The Morgan fingerprint density at radius 1 is 1.59 bits per heavy atom. The Balaban J connectivity index is 2.98. The van der Waals surface area contributed by atoms with Crippen LogP contribution >= 0.6 is 0 Å². The third-order valence-electron chi connectivity index (χ3n) is 2.93. The SMILES string of the molecule is CCC(C)(CCN)NS(=O)(=O)c1cn[nH]c1C. The van der Waals surface area contributed by atoms with Gasteiger partial charge in [-0.05, 0) is 33.2 Å². The van der Waals surface area contributed by atoms with E-state index < -0.39 is 15.6 Å². The van der Waals surface area contributed by atoms with Crippen LogP contribution in [0.1, 0.15) is 32.4 Å². The van der Waals surface area contributed by atoms with Crippen LogP contribution in [0.4, 0.5) is 0 Å². The molecule has 0 aliphatic rings. The van der Waals surface area contributed by atoms with E-state index >= 15 is 0 Å². The molecule has 0 aliphatic carbocycles. The Hall–Kier alpha value is -0.920. The fraction of sp³-hybridized carbons (Fsp3) is 0.700. The van der Waals surface area contributed by atoms with Crippen LogP contribution in [-0.4, -0.2) is 30.7 Å². The van der Waals surface area contributed by atoms with Gasteiger partial charge < -0.3 is 5.73 Å². The van der Waals surface area contributed by atoms with Gasteiger partial charge in [0.2, 0.25) is 10.0 Å². The molecule has 0 fully saturated rings. The first-order valence-electron chi connectivity index (χ1n) is 5.58. The maximum absolute atomic E-state index is 12.2. The van der Waals surface area contributed by atoms with Crippen LogP contribution < -0.4 is 10.5 Å². The highest BCUT2D eigenvalue weighted by Crippen LogP contribution is 2.19. The molecule has 1 heterocycles. The predicted molar refractivity (Wildman–Crippen MR) is 66.0 cm³/mol. The lowest BCUT2D eigenvalue weighted by Gasteiger charge is -2.28. The molecule has 0 aliphatic heterocycles. The van der Waals surface area contributed by atoms with Gasteiger partial charge in [-0.3, -0.25) is 5.10 Å². The van der Waals surface area contributed by atoms with E-state index in [9.17, 15) is 8.42 Å². The molecule has 98 valence electrons. The van der Waals surface area contributed by atoms with Crippen LogP contribution in [0.15, 0.2) is 11.1 Å². The van der Waals surface area contributed by atoms with E-state index in [0.29, 0.717) is 25.1 Å². The predicted octanol–water partition coefficient (Wildman–Crippen LogP) is 0.514. The number of hydrogen-bond donors (Lipinski definition) is 3. The van der Waals surface area contributed by atoms with Crippen molar-refractivity contribution in [2.45, 2.75) is 44.0 Å². The summed E-state index contributed by atoms with van der Waals surface area (Å²) < 4.78 is 27.0. The van der Waals surface area contributed by atoms with Crippen molar-refractivity contribution in [2.75, 3.05) is 6.54 Å². The molecule has 0 bridgehead atoms. The fourth-order valence-corrected chi connectivity index (χ4v) is 3.25. The summed E-state index contributed by atoms with van der Waals surface area (Å²) in [5, 5.41) is 6.34. The van der Waals surface area contributed by atoms with E-state index in [4.69, 9.17) is 5.73 Å². The third-order valence-corrected chi connectivity index (χ3v) is 4.68. The van der Waals surface area contributed by atoms with E-state index in [1.165, 1.54) is 6.20 Å². The largest absolute Gasteiger partial charge is 0.330 e. The highest BCUT2D eigenvalue weighted by molar-refractivity contribution is 7.89. The van der Waals surface area contributed by atoms with Crippen LogP contribution in [0, 0.1) is 6.92 Å². The van der Waals surface area contributed by atoms with Gasteiger partial charge in [-0.1, -0.05) is 6.92 Å². The average molecular weight is 260 g/mol. The number of hydrogen-bond acceptors (Lipinski definition) is 4. The summed E-state index contributed by atoms with van der Waals surface area (Å²) >= 11 is 0. The van der Waals surface area contributed by atoms with Crippen molar-refractivity contribution < 1.29 is 8.42 Å². The van der Waals surface area contributed by atoms with Gasteiger partial charge >= 0.3 is 0 Å². The number of nitrogens with two attached hydrogens (primary N) is 1. The molecule has 0 saturated heterocycles. The van der Waals surface area contributed by atoms with Crippen molar-refractivity contribution in [3.8, 4) is 0 Å². The fourth-order valence-electron chi connectivity index (χ4n) is 1.61. The molecule has 1 unspecified atom stereocenters. The second-order valence-electron chi connectivity index (χ2n) is 4.42. The zero-order valence-electron chi connectivity index (χ0n) is 10.4. The molecule has 0 radical (unpaired) electrons. The third kappa shape index (κ3) is 3.27. The summed E-state index contributed by atoms with van der Waals surface area (Å²) in [5.74, 6) is 0. The van der Waals surface area contributed by atoms with Crippen molar-refractivity contribution in [1.29, 1.82) is 0 Å². The smallest absolute Gasteiger partial charge is 0.244 e. The molecule has 1 aromatic rings. The number of sulfonamides is 1. The zero-order chi connectivity index (χ0) is 13.1. The van der Waals surface area contributed by atoms with Crippen molar-refractivity contribution in [3.05, 3.63) is 11.9 Å². The second-order valence-corrected chi connectivity index (χ2v) is 6.07. The number of nitrogens with one attached hydrogen (secondary N) is 2. The van der Waals surface area contributed by atoms with E-state index in [2.05, 4.69) is 14.9 Å². The Bertz CT molecular complexity index is 468. The molecule has 7 heteroatoms. The quantitative estimate of drug-likeness (QED) is 0.693. The average Bonchev–Trinajstić information content (AvgIpc) is 2.65. The highest BCUT2D eigenvalue weighted by Gasteiger charge is 2.29. The summed E-state index contributed by atoms with van der Waals surface area (Å²) in [6, 6.07) is 0. The summed E-state index contributed by atoms with van der Waals surface area (Å²) in [6.45, 7) is 5.90. The van der Waals surface area contributed by atoms with E-state index in [-0.39, 0.29) is 4.90 Å². The Morgan fingerprint density at radius 2 is 2.24 bits per heavy atom. The lowest BCUT2D eigenvalue weighted by molar-refractivity contribution is 0.379. The summed E-state index contributed by atoms with van der Waals surface area (Å²) in [6.07, 6.45) is 2.59. The van der Waals surface area contributed by atoms with Crippen LogP contribution in [0.25, 0.3) is 0 Å². The normalized spacial score (nSPS) is 15.8. The summed E-state index contributed by atoms with van der Waals surface area (Å²) in [7, 11) is -3.54. The first-order chi connectivity index (χ1) is 7.84. The minimum Gasteiger partial charge on any atom is -0.330 e. The van der Waals surface area contributed by atoms with E-state index in [0.717, 1.165) is 0 Å².